The Kier molecular flexibility index (Phi) is 3.46. The Bertz CT molecular complexity index is 507. The summed E-state index contributed by atoms with van der Waals surface area (Å²) in [7, 11) is 0. The van der Waals surface area contributed by atoms with Gasteiger partial charge in [0.2, 0.25) is 0 Å². The zero-order valence-corrected chi connectivity index (χ0v) is 12.6. The van der Waals surface area contributed by atoms with Crippen LogP contribution in [0.15, 0.2) is 30.3 Å². The molecule has 2 bridgehead atoms. The molecule has 3 aliphatic rings. The summed E-state index contributed by atoms with van der Waals surface area (Å²) < 4.78 is 0. The van der Waals surface area contributed by atoms with E-state index in [0.29, 0.717) is 0 Å². The molecule has 0 unspecified atom stereocenters. The Labute approximate surface area is 126 Å². The summed E-state index contributed by atoms with van der Waals surface area (Å²) in [6.45, 7) is 4.15. The second kappa shape index (κ2) is 5.45. The van der Waals surface area contributed by atoms with Gasteiger partial charge in [0, 0.05) is 17.9 Å². The first-order chi connectivity index (χ1) is 10.3. The maximum Gasteiger partial charge on any atom is 0.254 e. The third-order valence-electron chi connectivity index (χ3n) is 5.98. The lowest BCUT2D eigenvalue weighted by Gasteiger charge is -2.38. The number of nitrogens with zero attached hydrogens (tertiary/aromatic N) is 1. The van der Waals surface area contributed by atoms with Crippen LogP contribution in [0.2, 0.25) is 0 Å². The van der Waals surface area contributed by atoms with Crippen molar-refractivity contribution in [2.45, 2.75) is 31.7 Å². The Morgan fingerprint density at radius 1 is 1.05 bits per heavy atom. The summed E-state index contributed by atoms with van der Waals surface area (Å²) in [4.78, 5) is 16.3. The fourth-order valence-corrected chi connectivity index (χ4v) is 4.88. The molecule has 1 saturated heterocycles. The van der Waals surface area contributed by atoms with Gasteiger partial charge >= 0.3 is 0 Å². The van der Waals surface area contributed by atoms with Crippen LogP contribution >= 0.6 is 0 Å². The van der Waals surface area contributed by atoms with Crippen LogP contribution in [0.3, 0.4) is 0 Å². The van der Waals surface area contributed by atoms with Gasteiger partial charge in [-0.25, -0.2) is 0 Å². The van der Waals surface area contributed by atoms with E-state index in [9.17, 15) is 4.79 Å². The van der Waals surface area contributed by atoms with E-state index in [1.807, 2.05) is 35.2 Å². The first-order valence-corrected chi connectivity index (χ1v) is 8.50. The summed E-state index contributed by atoms with van der Waals surface area (Å²) in [5.41, 5.74) is 0.834. The monoisotopic (exact) mass is 285 g/mol. The fraction of sp³-hybridized carbons (Fsp3) is 0.611. The van der Waals surface area contributed by atoms with Gasteiger partial charge in [-0.3, -0.25) is 4.79 Å². The summed E-state index contributed by atoms with van der Waals surface area (Å²) in [6, 6.07) is 10.6. The van der Waals surface area contributed by atoms with E-state index in [-0.39, 0.29) is 5.91 Å². The highest BCUT2D eigenvalue weighted by Gasteiger charge is 2.45. The first kappa shape index (κ1) is 13.3. The number of fused-ring (bicyclic) bond motifs is 2. The molecule has 3 atom stereocenters. The number of amides is 1. The van der Waals surface area contributed by atoms with E-state index in [1.165, 1.54) is 25.7 Å². The lowest BCUT2D eigenvalue weighted by Crippen LogP contribution is -3.18. The molecule has 0 spiro atoms. The molecule has 4 rings (SSSR count). The van der Waals surface area contributed by atoms with Crippen molar-refractivity contribution < 1.29 is 9.69 Å². The molecular formula is C18H25N2O+. The second-order valence-corrected chi connectivity index (χ2v) is 7.10. The van der Waals surface area contributed by atoms with Crippen LogP contribution in [0.25, 0.3) is 0 Å². The fourth-order valence-electron chi connectivity index (χ4n) is 4.88. The minimum atomic E-state index is 0.211. The molecule has 2 saturated carbocycles. The van der Waals surface area contributed by atoms with Crippen molar-refractivity contribution in [1.29, 1.82) is 0 Å². The number of hydrogen-bond donors (Lipinski definition) is 1. The average Bonchev–Trinajstić information content (AvgIpc) is 3.18. The second-order valence-electron chi connectivity index (χ2n) is 7.10. The van der Waals surface area contributed by atoms with Crippen molar-refractivity contribution in [3.63, 3.8) is 0 Å². The maximum absolute atomic E-state index is 12.5. The normalized spacial score (nSPS) is 32.6. The van der Waals surface area contributed by atoms with Crippen LogP contribution in [0, 0.1) is 11.8 Å². The van der Waals surface area contributed by atoms with Crippen LogP contribution in [-0.4, -0.2) is 43.0 Å². The molecule has 1 heterocycles. The highest BCUT2D eigenvalue weighted by molar-refractivity contribution is 5.94. The van der Waals surface area contributed by atoms with Crippen LogP contribution in [0.4, 0.5) is 0 Å². The molecule has 1 amide bonds. The predicted molar refractivity (Wildman–Crippen MR) is 82.3 cm³/mol. The smallest absolute Gasteiger partial charge is 0.254 e. The molecule has 1 aromatic carbocycles. The van der Waals surface area contributed by atoms with Gasteiger partial charge in [-0.15, -0.1) is 0 Å². The largest absolute Gasteiger partial charge is 0.329 e. The molecule has 0 aromatic heterocycles. The highest BCUT2D eigenvalue weighted by atomic mass is 16.2. The minimum absolute atomic E-state index is 0.211. The molecule has 112 valence electrons. The third-order valence-corrected chi connectivity index (χ3v) is 5.98. The molecule has 1 aliphatic heterocycles. The lowest BCUT2D eigenvalue weighted by molar-refractivity contribution is -0.932. The Morgan fingerprint density at radius 3 is 2.43 bits per heavy atom. The van der Waals surface area contributed by atoms with Gasteiger partial charge in [-0.1, -0.05) is 18.2 Å². The van der Waals surface area contributed by atoms with Gasteiger partial charge in [0.1, 0.15) is 0 Å². The molecule has 21 heavy (non-hydrogen) atoms. The molecule has 1 N–H and O–H groups in total. The van der Waals surface area contributed by atoms with Crippen LogP contribution < -0.4 is 4.90 Å². The van der Waals surface area contributed by atoms with E-state index < -0.39 is 0 Å². The van der Waals surface area contributed by atoms with Crippen molar-refractivity contribution in [3.8, 4) is 0 Å². The summed E-state index contributed by atoms with van der Waals surface area (Å²) in [6.07, 6.45) is 5.88. The highest BCUT2D eigenvalue weighted by Crippen LogP contribution is 2.43. The van der Waals surface area contributed by atoms with Gasteiger partial charge in [0.25, 0.3) is 5.91 Å². The van der Waals surface area contributed by atoms with Crippen LogP contribution in [0.5, 0.6) is 0 Å². The first-order valence-electron chi connectivity index (χ1n) is 8.50. The Balaban J connectivity index is 1.36. The Hall–Kier alpha value is -1.35. The van der Waals surface area contributed by atoms with Gasteiger partial charge < -0.3 is 9.80 Å². The van der Waals surface area contributed by atoms with Crippen LogP contribution in [0.1, 0.15) is 36.0 Å². The number of nitrogens with one attached hydrogen (secondary N) is 1. The summed E-state index contributed by atoms with van der Waals surface area (Å²) in [5, 5.41) is 0. The molecular weight excluding hydrogens is 260 g/mol. The lowest BCUT2D eigenvalue weighted by atomic mass is 9.93. The third kappa shape index (κ3) is 2.48. The number of hydrogen-bond acceptors (Lipinski definition) is 1. The SMILES string of the molecule is O=C(c1ccccc1)N1CC[NH+]([C@H]2C[C@H]3CC[C@@H]2C3)CC1. The zero-order chi connectivity index (χ0) is 14.2. The van der Waals surface area contributed by atoms with Gasteiger partial charge in [0.05, 0.1) is 32.2 Å². The van der Waals surface area contributed by atoms with Crippen molar-refractivity contribution >= 4 is 5.91 Å². The topological polar surface area (TPSA) is 24.8 Å². The van der Waals surface area contributed by atoms with Crippen molar-refractivity contribution in [2.24, 2.45) is 11.8 Å². The molecule has 0 radical (unpaired) electrons. The number of carbonyl (C=O) groups is 1. The van der Waals surface area contributed by atoms with Gasteiger partial charge in [-0.05, 0) is 37.3 Å². The predicted octanol–water partition coefficient (Wildman–Crippen LogP) is 1.22. The minimum Gasteiger partial charge on any atom is -0.329 e. The molecule has 3 fully saturated rings. The van der Waals surface area contributed by atoms with E-state index in [0.717, 1.165) is 49.6 Å². The Morgan fingerprint density at radius 2 is 1.81 bits per heavy atom. The van der Waals surface area contributed by atoms with E-state index in [2.05, 4.69) is 0 Å². The summed E-state index contributed by atoms with van der Waals surface area (Å²) >= 11 is 0. The quantitative estimate of drug-likeness (QED) is 0.868. The molecule has 2 aliphatic carbocycles. The van der Waals surface area contributed by atoms with Gasteiger partial charge in [-0.2, -0.15) is 0 Å². The van der Waals surface area contributed by atoms with E-state index in [4.69, 9.17) is 0 Å². The van der Waals surface area contributed by atoms with Gasteiger partial charge in [0.15, 0.2) is 0 Å². The van der Waals surface area contributed by atoms with E-state index in [1.54, 1.807) is 4.90 Å². The summed E-state index contributed by atoms with van der Waals surface area (Å²) in [5.74, 6) is 2.22. The zero-order valence-electron chi connectivity index (χ0n) is 12.6. The average molecular weight is 285 g/mol. The standard InChI is InChI=1S/C18H24N2O/c21-18(15-4-2-1-3-5-15)20-10-8-19(9-11-20)17-13-14-6-7-16(17)12-14/h1-5,14,16-17H,6-13H2/p+1/t14-,16+,17-/m0/s1. The number of quaternary nitrogens is 1. The molecule has 3 heteroatoms. The molecule has 1 aromatic rings. The van der Waals surface area contributed by atoms with Crippen molar-refractivity contribution in [3.05, 3.63) is 35.9 Å². The number of piperazine rings is 1. The van der Waals surface area contributed by atoms with Crippen molar-refractivity contribution in [2.75, 3.05) is 26.2 Å². The van der Waals surface area contributed by atoms with Crippen LogP contribution in [-0.2, 0) is 0 Å². The molecule has 3 nitrogen and oxygen atoms in total. The van der Waals surface area contributed by atoms with E-state index >= 15 is 0 Å². The van der Waals surface area contributed by atoms with Crippen molar-refractivity contribution in [1.82, 2.24) is 4.90 Å². The number of carbonyl (C=O) groups excluding carboxylic acids is 1. The number of rotatable bonds is 2. The number of benzene rings is 1. The maximum atomic E-state index is 12.5.